The van der Waals surface area contributed by atoms with Gasteiger partial charge in [0.2, 0.25) is 5.91 Å². The van der Waals surface area contributed by atoms with Crippen molar-refractivity contribution in [1.29, 1.82) is 0 Å². The highest BCUT2D eigenvalue weighted by atomic mass is 16.5. The quantitative estimate of drug-likeness (QED) is 0.229. The maximum atomic E-state index is 12.1. The van der Waals surface area contributed by atoms with Gasteiger partial charge in [-0.3, -0.25) is 9.59 Å². The second-order valence-corrected chi connectivity index (χ2v) is 4.89. The number of amides is 1. The van der Waals surface area contributed by atoms with E-state index in [1.165, 1.54) is 13.3 Å². The predicted octanol–water partition coefficient (Wildman–Crippen LogP) is -0.479. The highest BCUT2D eigenvalue weighted by Crippen LogP contribution is 2.22. The largest absolute Gasteiger partial charge is 0.465 e. The molecule has 1 unspecified atom stereocenters. The van der Waals surface area contributed by atoms with Gasteiger partial charge < -0.3 is 19.3 Å². The van der Waals surface area contributed by atoms with Crippen molar-refractivity contribution in [2.75, 3.05) is 26.8 Å². The summed E-state index contributed by atoms with van der Waals surface area (Å²) in [5, 5.41) is 0. The minimum atomic E-state index is -0.715. The molecule has 2 rings (SSSR count). The van der Waals surface area contributed by atoms with Crippen LogP contribution in [0.25, 0.3) is 0 Å². The van der Waals surface area contributed by atoms with Crippen LogP contribution in [0.15, 0.2) is 11.8 Å². The molecule has 0 saturated carbocycles. The van der Waals surface area contributed by atoms with Crippen molar-refractivity contribution in [3.8, 4) is 0 Å². The molecule has 20 heavy (non-hydrogen) atoms. The monoisotopic (exact) mass is 282 g/mol. The maximum absolute atomic E-state index is 12.1. The Bertz CT molecular complexity index is 448. The number of fused-ring (bicyclic) bond motifs is 1. The first-order valence-electron chi connectivity index (χ1n) is 6.49. The van der Waals surface area contributed by atoms with E-state index in [2.05, 4.69) is 4.74 Å². The third-order valence-electron chi connectivity index (χ3n) is 3.52. The van der Waals surface area contributed by atoms with Gasteiger partial charge in [-0.1, -0.05) is 0 Å². The zero-order valence-corrected chi connectivity index (χ0v) is 11.6. The Morgan fingerprint density at radius 1 is 1.50 bits per heavy atom. The molecule has 2 atom stereocenters. The van der Waals surface area contributed by atoms with Crippen LogP contribution in [0.4, 0.5) is 0 Å². The summed E-state index contributed by atoms with van der Waals surface area (Å²) in [6.45, 7) is 3.15. The number of carbonyl (C=O) groups excluding carboxylic acids is 3. The van der Waals surface area contributed by atoms with Crippen molar-refractivity contribution in [3.63, 3.8) is 0 Å². The minimum absolute atomic E-state index is 0.0696. The van der Waals surface area contributed by atoms with Crippen LogP contribution in [0.2, 0.25) is 0 Å². The smallest absolute Gasteiger partial charge is 0.342 e. The molecule has 0 spiro atoms. The molecule has 0 aromatic rings. The third kappa shape index (κ3) is 2.82. The molecule has 1 amide bonds. The summed E-state index contributed by atoms with van der Waals surface area (Å²) in [7, 11) is 1.20. The number of hydrogen-bond acceptors (Lipinski definition) is 6. The lowest BCUT2D eigenvalue weighted by molar-refractivity contribution is -0.176. The van der Waals surface area contributed by atoms with Gasteiger partial charge in [-0.15, -0.1) is 0 Å². The summed E-state index contributed by atoms with van der Waals surface area (Å²) < 4.78 is 10.1. The molecular formula is C13H18N2O5. The lowest BCUT2D eigenvalue weighted by atomic mass is 10.1. The summed E-state index contributed by atoms with van der Waals surface area (Å²) in [5.74, 6) is -0.785. The van der Waals surface area contributed by atoms with E-state index >= 15 is 0 Å². The topological polar surface area (TPSA) is 76.2 Å². The molecule has 0 N–H and O–H groups in total. The lowest BCUT2D eigenvalue weighted by Crippen LogP contribution is -2.61. The van der Waals surface area contributed by atoms with Crippen LogP contribution in [0, 0.1) is 0 Å². The highest BCUT2D eigenvalue weighted by Gasteiger charge is 2.37. The van der Waals surface area contributed by atoms with Crippen molar-refractivity contribution in [1.82, 2.24) is 9.80 Å². The van der Waals surface area contributed by atoms with Crippen LogP contribution < -0.4 is 0 Å². The fraction of sp³-hybridized carbons (Fsp3) is 0.615. The number of hydrogen-bond donors (Lipinski definition) is 0. The first kappa shape index (κ1) is 14.5. The molecule has 0 radical (unpaired) electrons. The van der Waals surface area contributed by atoms with Crippen molar-refractivity contribution in [2.24, 2.45) is 0 Å². The first-order chi connectivity index (χ1) is 9.56. The van der Waals surface area contributed by atoms with Crippen LogP contribution in [0.5, 0.6) is 0 Å². The summed E-state index contributed by atoms with van der Waals surface area (Å²) in [5.41, 5.74) is -0.113. The van der Waals surface area contributed by atoms with E-state index < -0.39 is 5.97 Å². The highest BCUT2D eigenvalue weighted by molar-refractivity contribution is 6.07. The summed E-state index contributed by atoms with van der Waals surface area (Å²) in [6.07, 6.45) is 2.27. The molecule has 7 nitrogen and oxygen atoms in total. The third-order valence-corrected chi connectivity index (χ3v) is 3.52. The van der Waals surface area contributed by atoms with Gasteiger partial charge >= 0.3 is 5.97 Å². The van der Waals surface area contributed by atoms with Crippen molar-refractivity contribution in [2.45, 2.75) is 25.6 Å². The Hall–Kier alpha value is -1.89. The van der Waals surface area contributed by atoms with Gasteiger partial charge in [0, 0.05) is 12.2 Å². The van der Waals surface area contributed by atoms with Gasteiger partial charge in [0.05, 0.1) is 26.8 Å². The zero-order valence-electron chi connectivity index (χ0n) is 11.6. The molecular weight excluding hydrogens is 264 g/mol. The van der Waals surface area contributed by atoms with E-state index in [0.29, 0.717) is 19.4 Å². The molecule has 0 aliphatic carbocycles. The van der Waals surface area contributed by atoms with Gasteiger partial charge in [0.25, 0.3) is 0 Å². The number of esters is 1. The second-order valence-electron chi connectivity index (χ2n) is 4.89. The predicted molar refractivity (Wildman–Crippen MR) is 68.4 cm³/mol. The Kier molecular flexibility index (Phi) is 4.39. The molecule has 0 bridgehead atoms. The normalized spacial score (nSPS) is 27.1. The van der Waals surface area contributed by atoms with Gasteiger partial charge in [-0.25, -0.2) is 4.79 Å². The van der Waals surface area contributed by atoms with Crippen LogP contribution >= 0.6 is 0 Å². The SMILES string of the molecule is COC(=O)/C(C=O)=C/N1CC(=O)N2C(C1)OCC[C@H]2C. The van der Waals surface area contributed by atoms with Gasteiger partial charge in [0.15, 0.2) is 6.29 Å². The van der Waals surface area contributed by atoms with Crippen LogP contribution in [-0.2, 0) is 23.9 Å². The van der Waals surface area contributed by atoms with E-state index in [0.717, 1.165) is 6.42 Å². The molecule has 2 aliphatic heterocycles. The Balaban J connectivity index is 2.13. The Morgan fingerprint density at radius 3 is 2.90 bits per heavy atom. The summed E-state index contributed by atoms with van der Waals surface area (Å²) >= 11 is 0. The standard InChI is InChI=1S/C13H18N2O5/c1-9-3-4-20-12-7-14(6-11(17)15(9)12)5-10(8-16)13(18)19-2/h5,8-9,12H,3-4,6-7H2,1-2H3/b10-5+/t9-,12?/m1/s1. The van der Waals surface area contributed by atoms with Crippen molar-refractivity contribution in [3.05, 3.63) is 11.8 Å². The van der Waals surface area contributed by atoms with Gasteiger partial charge in [0.1, 0.15) is 11.8 Å². The van der Waals surface area contributed by atoms with Crippen molar-refractivity contribution < 1.29 is 23.9 Å². The lowest BCUT2D eigenvalue weighted by Gasteiger charge is -2.46. The summed E-state index contributed by atoms with van der Waals surface area (Å²) in [6, 6.07) is 0.151. The van der Waals surface area contributed by atoms with Crippen LogP contribution in [0.1, 0.15) is 13.3 Å². The maximum Gasteiger partial charge on any atom is 0.342 e. The Morgan fingerprint density at radius 2 is 2.25 bits per heavy atom. The van der Waals surface area contributed by atoms with E-state index in [1.807, 2.05) is 6.92 Å². The number of nitrogens with zero attached hydrogens (tertiary/aromatic N) is 2. The zero-order chi connectivity index (χ0) is 14.7. The number of piperazine rings is 1. The fourth-order valence-corrected chi connectivity index (χ4v) is 2.49. The molecule has 110 valence electrons. The van der Waals surface area contributed by atoms with Crippen LogP contribution in [-0.4, -0.2) is 67.0 Å². The number of aldehydes is 1. The molecule has 0 aromatic heterocycles. The molecule has 7 heteroatoms. The molecule has 0 aromatic carbocycles. The summed E-state index contributed by atoms with van der Waals surface area (Å²) in [4.78, 5) is 37.7. The van der Waals surface area contributed by atoms with E-state index in [4.69, 9.17) is 4.74 Å². The number of ether oxygens (including phenoxy) is 2. The molecule has 2 fully saturated rings. The molecule has 2 aliphatic rings. The Labute approximate surface area is 117 Å². The van der Waals surface area contributed by atoms with E-state index in [1.54, 1.807) is 9.80 Å². The first-order valence-corrected chi connectivity index (χ1v) is 6.49. The van der Waals surface area contributed by atoms with Gasteiger partial charge in [-0.2, -0.15) is 0 Å². The number of rotatable bonds is 3. The van der Waals surface area contributed by atoms with E-state index in [-0.39, 0.29) is 30.3 Å². The number of carbonyl (C=O) groups is 3. The van der Waals surface area contributed by atoms with Crippen molar-refractivity contribution >= 4 is 18.2 Å². The second kappa shape index (κ2) is 6.04. The molecule has 2 saturated heterocycles. The average Bonchev–Trinajstić information content (AvgIpc) is 2.43. The minimum Gasteiger partial charge on any atom is -0.465 e. The average molecular weight is 282 g/mol. The molecule has 2 heterocycles. The number of methoxy groups -OCH3 is 1. The van der Waals surface area contributed by atoms with E-state index in [9.17, 15) is 14.4 Å². The van der Waals surface area contributed by atoms with Crippen LogP contribution in [0.3, 0.4) is 0 Å². The fourth-order valence-electron chi connectivity index (χ4n) is 2.49. The van der Waals surface area contributed by atoms with Gasteiger partial charge in [-0.05, 0) is 13.3 Å².